The number of alkyl halides is 3. The summed E-state index contributed by atoms with van der Waals surface area (Å²) in [4.78, 5) is 5.99. The normalized spacial score (nSPS) is 14.5. The van der Waals surface area contributed by atoms with Crippen LogP contribution in [0.2, 0.25) is 0 Å². The second-order valence-electron chi connectivity index (χ2n) is 8.56. The van der Waals surface area contributed by atoms with Crippen molar-refractivity contribution in [3.8, 4) is 16.9 Å². The van der Waals surface area contributed by atoms with E-state index in [4.69, 9.17) is 15.2 Å². The maximum atomic E-state index is 14.1. The number of benzene rings is 2. The molecule has 198 valence electrons. The highest BCUT2D eigenvalue weighted by Gasteiger charge is 2.36. The molecule has 0 unspecified atom stereocenters. The molecule has 1 aliphatic heterocycles. The highest BCUT2D eigenvalue weighted by Crippen LogP contribution is 2.45. The Bertz CT molecular complexity index is 1390. The van der Waals surface area contributed by atoms with Gasteiger partial charge in [-0.05, 0) is 29.8 Å². The highest BCUT2D eigenvalue weighted by atomic mass is 32.2. The molecule has 0 bridgehead atoms. The fourth-order valence-electron chi connectivity index (χ4n) is 4.18. The number of rotatable bonds is 7. The van der Waals surface area contributed by atoms with Crippen LogP contribution < -0.4 is 20.7 Å². The van der Waals surface area contributed by atoms with Crippen LogP contribution in [0.4, 0.5) is 30.4 Å². The largest absolute Gasteiger partial charge is 0.496 e. The number of hydrogen-bond acceptors (Lipinski definition) is 8. The van der Waals surface area contributed by atoms with E-state index < -0.39 is 21.6 Å². The quantitative estimate of drug-likeness (QED) is 0.463. The zero-order valence-electron chi connectivity index (χ0n) is 20.3. The van der Waals surface area contributed by atoms with E-state index in [0.29, 0.717) is 49.4 Å². The van der Waals surface area contributed by atoms with Crippen molar-refractivity contribution in [2.24, 2.45) is 0 Å². The first kappa shape index (κ1) is 26.6. The third-order valence-electron chi connectivity index (χ3n) is 6.04. The molecule has 0 amide bonds. The van der Waals surface area contributed by atoms with Crippen LogP contribution in [0.5, 0.6) is 5.75 Å². The van der Waals surface area contributed by atoms with Crippen LogP contribution in [0.3, 0.4) is 0 Å². The number of pyridine rings is 1. The molecule has 0 saturated carbocycles. The smallest absolute Gasteiger partial charge is 0.419 e. The van der Waals surface area contributed by atoms with E-state index in [9.17, 15) is 21.6 Å². The Kier molecular flexibility index (Phi) is 7.51. The Balaban J connectivity index is 1.79. The summed E-state index contributed by atoms with van der Waals surface area (Å²) in [6.07, 6.45) is -2.98. The van der Waals surface area contributed by atoms with Crippen LogP contribution in [-0.4, -0.2) is 53.1 Å². The molecular formula is C25H27F3N4O4S. The number of hydrogen-bond donors (Lipinski definition) is 2. The lowest BCUT2D eigenvalue weighted by Crippen LogP contribution is -2.36. The second kappa shape index (κ2) is 10.5. The number of sulfone groups is 1. The standard InChI is InChI=1S/C25H27F3N4O4S/c1-35-21-13-17(32-8-10-36-11-9-32)6-7-19(21)22-23(20(25(26,27)28)15-31-24(22)29)30-14-16-4-3-5-18(12-16)37(2,33)34/h3-7,12-13,15H,8-11,14H2,1-2H3,(H3,29,30,31). The molecule has 1 aromatic heterocycles. The molecule has 8 nitrogen and oxygen atoms in total. The van der Waals surface area contributed by atoms with E-state index in [-0.39, 0.29) is 28.5 Å². The first-order chi connectivity index (χ1) is 17.5. The van der Waals surface area contributed by atoms with E-state index in [1.54, 1.807) is 24.3 Å². The third-order valence-corrected chi connectivity index (χ3v) is 7.15. The number of anilines is 3. The molecule has 3 N–H and O–H groups in total. The lowest BCUT2D eigenvalue weighted by atomic mass is 9.99. The zero-order valence-corrected chi connectivity index (χ0v) is 21.1. The summed E-state index contributed by atoms with van der Waals surface area (Å²) in [7, 11) is -2.05. The summed E-state index contributed by atoms with van der Waals surface area (Å²) >= 11 is 0. The average Bonchev–Trinajstić information content (AvgIpc) is 2.86. The first-order valence-electron chi connectivity index (χ1n) is 11.4. The van der Waals surface area contributed by atoms with E-state index in [1.807, 2.05) is 0 Å². The van der Waals surface area contributed by atoms with Crippen LogP contribution in [0.15, 0.2) is 53.6 Å². The van der Waals surface area contributed by atoms with Crippen LogP contribution in [0.25, 0.3) is 11.1 Å². The molecule has 0 aliphatic carbocycles. The van der Waals surface area contributed by atoms with Gasteiger partial charge in [0.05, 0.1) is 42.0 Å². The average molecular weight is 537 g/mol. The predicted octanol–water partition coefficient (Wildman–Crippen LogP) is 4.21. The molecule has 1 fully saturated rings. The molecule has 3 aromatic rings. The summed E-state index contributed by atoms with van der Waals surface area (Å²) in [6, 6.07) is 11.2. The van der Waals surface area contributed by atoms with Gasteiger partial charge in [0.1, 0.15) is 11.6 Å². The van der Waals surface area contributed by atoms with Gasteiger partial charge in [-0.15, -0.1) is 0 Å². The fourth-order valence-corrected chi connectivity index (χ4v) is 4.87. The van der Waals surface area contributed by atoms with E-state index in [0.717, 1.165) is 11.9 Å². The minimum atomic E-state index is -4.73. The Hall–Kier alpha value is -3.51. The Labute approximate surface area is 213 Å². The topological polar surface area (TPSA) is 107 Å². The van der Waals surface area contributed by atoms with Crippen LogP contribution in [0.1, 0.15) is 11.1 Å². The predicted molar refractivity (Wildman–Crippen MR) is 136 cm³/mol. The van der Waals surface area contributed by atoms with Gasteiger partial charge in [0.15, 0.2) is 9.84 Å². The van der Waals surface area contributed by atoms with Crippen LogP contribution >= 0.6 is 0 Å². The van der Waals surface area contributed by atoms with Crippen LogP contribution in [-0.2, 0) is 27.3 Å². The minimum absolute atomic E-state index is 0.0412. The first-order valence-corrected chi connectivity index (χ1v) is 13.3. The molecule has 1 saturated heterocycles. The van der Waals surface area contributed by atoms with E-state index >= 15 is 0 Å². The number of nitrogen functional groups attached to an aromatic ring is 1. The molecule has 2 aromatic carbocycles. The van der Waals surface area contributed by atoms with Gasteiger partial charge < -0.3 is 25.4 Å². The Morgan fingerprint density at radius 2 is 1.89 bits per heavy atom. The maximum absolute atomic E-state index is 14.1. The lowest BCUT2D eigenvalue weighted by Gasteiger charge is -2.29. The van der Waals surface area contributed by atoms with Crippen molar-refractivity contribution >= 4 is 27.0 Å². The second-order valence-corrected chi connectivity index (χ2v) is 10.6. The van der Waals surface area contributed by atoms with Gasteiger partial charge in [-0.3, -0.25) is 0 Å². The maximum Gasteiger partial charge on any atom is 0.419 e. The summed E-state index contributed by atoms with van der Waals surface area (Å²) in [5, 5.41) is 2.83. The summed E-state index contributed by atoms with van der Waals surface area (Å²) in [5.41, 5.74) is 6.56. The third kappa shape index (κ3) is 5.91. The van der Waals surface area contributed by atoms with Crippen molar-refractivity contribution in [3.05, 3.63) is 59.8 Å². The van der Waals surface area contributed by atoms with Gasteiger partial charge in [0.2, 0.25) is 0 Å². The van der Waals surface area contributed by atoms with Crippen molar-refractivity contribution in [3.63, 3.8) is 0 Å². The summed E-state index contributed by atoms with van der Waals surface area (Å²) in [5.74, 6) is 0.219. The van der Waals surface area contributed by atoms with Crippen molar-refractivity contribution in [2.75, 3.05) is 55.6 Å². The van der Waals surface area contributed by atoms with Crippen LogP contribution in [0, 0.1) is 0 Å². The lowest BCUT2D eigenvalue weighted by molar-refractivity contribution is -0.137. The number of ether oxygens (including phenoxy) is 2. The zero-order chi connectivity index (χ0) is 26.8. The summed E-state index contributed by atoms with van der Waals surface area (Å²) < 4.78 is 77.0. The fraction of sp³-hybridized carbons (Fsp3) is 0.320. The number of morpholine rings is 1. The minimum Gasteiger partial charge on any atom is -0.496 e. The molecule has 4 rings (SSSR count). The Morgan fingerprint density at radius 1 is 1.16 bits per heavy atom. The Morgan fingerprint density at radius 3 is 2.54 bits per heavy atom. The van der Waals surface area contributed by atoms with Gasteiger partial charge in [-0.2, -0.15) is 13.2 Å². The number of halogens is 3. The molecule has 2 heterocycles. The van der Waals surface area contributed by atoms with Gasteiger partial charge >= 0.3 is 6.18 Å². The van der Waals surface area contributed by atoms with Gasteiger partial charge in [0, 0.05) is 49.4 Å². The number of nitrogens with one attached hydrogen (secondary N) is 1. The van der Waals surface area contributed by atoms with Gasteiger partial charge in [0.25, 0.3) is 0 Å². The number of aromatic nitrogens is 1. The molecule has 0 atom stereocenters. The monoisotopic (exact) mass is 536 g/mol. The van der Waals surface area contributed by atoms with E-state index in [2.05, 4.69) is 15.2 Å². The van der Waals surface area contributed by atoms with Gasteiger partial charge in [-0.25, -0.2) is 13.4 Å². The SMILES string of the molecule is COc1cc(N2CCOCC2)ccc1-c1c(N)ncc(C(F)(F)F)c1NCc1cccc(S(C)(=O)=O)c1. The molecule has 37 heavy (non-hydrogen) atoms. The summed E-state index contributed by atoms with van der Waals surface area (Å²) in [6.45, 7) is 2.41. The van der Waals surface area contributed by atoms with Crippen molar-refractivity contribution in [2.45, 2.75) is 17.6 Å². The molecule has 0 radical (unpaired) electrons. The van der Waals surface area contributed by atoms with Crippen molar-refractivity contribution in [1.29, 1.82) is 0 Å². The molecule has 0 spiro atoms. The van der Waals surface area contributed by atoms with Gasteiger partial charge in [-0.1, -0.05) is 12.1 Å². The van der Waals surface area contributed by atoms with E-state index in [1.165, 1.54) is 25.3 Å². The number of nitrogens with two attached hydrogens (primary N) is 1. The highest BCUT2D eigenvalue weighted by molar-refractivity contribution is 7.90. The molecule has 1 aliphatic rings. The number of methoxy groups -OCH3 is 1. The van der Waals surface area contributed by atoms with Crippen molar-refractivity contribution < 1.29 is 31.1 Å². The van der Waals surface area contributed by atoms with Crippen molar-refractivity contribution in [1.82, 2.24) is 4.98 Å². The number of nitrogens with zero attached hydrogens (tertiary/aromatic N) is 2. The molecular weight excluding hydrogens is 509 g/mol. The molecule has 12 heteroatoms.